The van der Waals surface area contributed by atoms with Crippen LogP contribution in [0.3, 0.4) is 0 Å². The lowest BCUT2D eigenvalue weighted by Crippen LogP contribution is -2.20. The molecule has 0 aliphatic carbocycles. The summed E-state index contributed by atoms with van der Waals surface area (Å²) >= 11 is 0. The Labute approximate surface area is 127 Å². The van der Waals surface area contributed by atoms with Crippen molar-refractivity contribution in [3.8, 4) is 5.69 Å². The molecule has 0 aliphatic rings. The maximum Gasteiger partial charge on any atom is 0.0769 e. The van der Waals surface area contributed by atoms with Gasteiger partial charge in [0.1, 0.15) is 0 Å². The Bertz CT molecular complexity index is 593. The van der Waals surface area contributed by atoms with Crippen LogP contribution in [0.5, 0.6) is 0 Å². The average molecular weight is 286 g/mol. The van der Waals surface area contributed by atoms with Crippen LogP contribution in [-0.4, -0.2) is 22.9 Å². The van der Waals surface area contributed by atoms with E-state index in [0.29, 0.717) is 6.54 Å². The molecule has 0 amide bonds. The highest BCUT2D eigenvalue weighted by atomic mass is 15.3. The highest BCUT2D eigenvalue weighted by molar-refractivity contribution is 5.53. The highest BCUT2D eigenvalue weighted by Gasteiger charge is 2.24. The van der Waals surface area contributed by atoms with Crippen LogP contribution >= 0.6 is 0 Å². The van der Waals surface area contributed by atoms with E-state index in [9.17, 15) is 0 Å². The summed E-state index contributed by atoms with van der Waals surface area (Å²) in [4.78, 5) is 0. The van der Waals surface area contributed by atoms with Gasteiger partial charge in [-0.25, -0.2) is 4.68 Å². The van der Waals surface area contributed by atoms with Crippen LogP contribution < -0.4 is 11.1 Å². The van der Waals surface area contributed by atoms with Gasteiger partial charge in [-0.15, -0.1) is 0 Å². The molecule has 0 aliphatic heterocycles. The number of anilines is 1. The van der Waals surface area contributed by atoms with Crippen LogP contribution in [0.15, 0.2) is 30.5 Å². The topological polar surface area (TPSA) is 55.9 Å². The van der Waals surface area contributed by atoms with Gasteiger partial charge in [0, 0.05) is 12.0 Å². The van der Waals surface area contributed by atoms with Gasteiger partial charge in [0.25, 0.3) is 0 Å². The zero-order valence-corrected chi connectivity index (χ0v) is 13.5. The number of nitrogens with one attached hydrogen (secondary N) is 1. The zero-order chi connectivity index (χ0) is 15.5. The monoisotopic (exact) mass is 286 g/mol. The van der Waals surface area contributed by atoms with Crippen LogP contribution in [0.2, 0.25) is 0 Å². The van der Waals surface area contributed by atoms with E-state index in [-0.39, 0.29) is 5.41 Å². The van der Waals surface area contributed by atoms with E-state index < -0.39 is 0 Å². The molecule has 1 aromatic carbocycles. The Morgan fingerprint density at radius 1 is 1.29 bits per heavy atom. The number of hydrogen-bond donors (Lipinski definition) is 2. The molecule has 114 valence electrons. The van der Waals surface area contributed by atoms with Crippen molar-refractivity contribution in [2.24, 2.45) is 5.73 Å². The third kappa shape index (κ3) is 3.64. The van der Waals surface area contributed by atoms with Crippen LogP contribution in [0.25, 0.3) is 5.69 Å². The van der Waals surface area contributed by atoms with Crippen molar-refractivity contribution < 1.29 is 0 Å². The van der Waals surface area contributed by atoms with Crippen molar-refractivity contribution in [1.29, 1.82) is 0 Å². The lowest BCUT2D eigenvalue weighted by Gasteiger charge is -2.23. The van der Waals surface area contributed by atoms with Crippen molar-refractivity contribution in [2.75, 3.05) is 18.4 Å². The SMILES string of the molecule is Cc1cccc(-n2ncc(NCCCN)c2C(C)(C)C)c1. The Morgan fingerprint density at radius 3 is 2.67 bits per heavy atom. The van der Waals surface area contributed by atoms with Gasteiger partial charge in [0.05, 0.1) is 23.3 Å². The van der Waals surface area contributed by atoms with E-state index in [1.165, 1.54) is 11.3 Å². The van der Waals surface area contributed by atoms with Crippen LogP contribution in [0.4, 0.5) is 5.69 Å². The van der Waals surface area contributed by atoms with Crippen molar-refractivity contribution in [1.82, 2.24) is 9.78 Å². The number of nitrogens with zero attached hydrogens (tertiary/aromatic N) is 2. The van der Waals surface area contributed by atoms with Gasteiger partial charge in [-0.2, -0.15) is 5.10 Å². The number of aryl methyl sites for hydroxylation is 1. The molecule has 1 heterocycles. The first-order valence-electron chi connectivity index (χ1n) is 7.53. The molecule has 2 rings (SSSR count). The number of hydrogen-bond acceptors (Lipinski definition) is 3. The number of aromatic nitrogens is 2. The molecule has 0 bridgehead atoms. The van der Waals surface area contributed by atoms with Gasteiger partial charge in [-0.1, -0.05) is 32.9 Å². The Balaban J connectivity index is 2.42. The molecule has 1 aromatic heterocycles. The first-order chi connectivity index (χ1) is 9.93. The molecule has 3 N–H and O–H groups in total. The first-order valence-corrected chi connectivity index (χ1v) is 7.53. The van der Waals surface area contributed by atoms with Gasteiger partial charge in [0.15, 0.2) is 0 Å². The fraction of sp³-hybridized carbons (Fsp3) is 0.471. The summed E-state index contributed by atoms with van der Waals surface area (Å²) in [5, 5.41) is 8.06. The Morgan fingerprint density at radius 2 is 2.05 bits per heavy atom. The fourth-order valence-electron chi connectivity index (χ4n) is 2.48. The summed E-state index contributed by atoms with van der Waals surface area (Å²) in [5.41, 5.74) is 10.2. The molecule has 21 heavy (non-hydrogen) atoms. The molecule has 0 atom stereocenters. The van der Waals surface area contributed by atoms with Crippen molar-refractivity contribution in [3.05, 3.63) is 41.7 Å². The molecule has 0 unspecified atom stereocenters. The first kappa shape index (κ1) is 15.6. The molecule has 0 radical (unpaired) electrons. The summed E-state index contributed by atoms with van der Waals surface area (Å²) in [6, 6.07) is 8.43. The molecule has 4 heteroatoms. The van der Waals surface area contributed by atoms with Crippen LogP contribution in [0, 0.1) is 6.92 Å². The lowest BCUT2D eigenvalue weighted by molar-refractivity contribution is 0.545. The van der Waals surface area contributed by atoms with Gasteiger partial charge in [-0.3, -0.25) is 0 Å². The third-order valence-electron chi connectivity index (χ3n) is 3.42. The third-order valence-corrected chi connectivity index (χ3v) is 3.42. The quantitative estimate of drug-likeness (QED) is 0.830. The van der Waals surface area contributed by atoms with Gasteiger partial charge in [-0.05, 0) is 37.6 Å². The van der Waals surface area contributed by atoms with Gasteiger partial charge < -0.3 is 11.1 Å². The Kier molecular flexibility index (Phi) is 4.68. The maximum atomic E-state index is 5.57. The molecular formula is C17H26N4. The smallest absolute Gasteiger partial charge is 0.0769 e. The number of rotatable bonds is 5. The highest BCUT2D eigenvalue weighted by Crippen LogP contribution is 2.31. The molecule has 2 aromatic rings. The number of benzene rings is 1. The minimum absolute atomic E-state index is 0.00525. The summed E-state index contributed by atoms with van der Waals surface area (Å²) < 4.78 is 2.04. The minimum atomic E-state index is 0.00525. The predicted octanol–water partition coefficient (Wildman–Crippen LogP) is 3.24. The zero-order valence-electron chi connectivity index (χ0n) is 13.5. The summed E-state index contributed by atoms with van der Waals surface area (Å²) in [7, 11) is 0. The molecule has 0 fully saturated rings. The summed E-state index contributed by atoms with van der Waals surface area (Å²) in [6.07, 6.45) is 2.87. The van der Waals surface area contributed by atoms with Crippen LogP contribution in [-0.2, 0) is 5.41 Å². The molecule has 0 saturated heterocycles. The molecule has 4 nitrogen and oxygen atoms in total. The minimum Gasteiger partial charge on any atom is -0.382 e. The van der Waals surface area contributed by atoms with E-state index in [1.807, 2.05) is 10.9 Å². The second-order valence-corrected chi connectivity index (χ2v) is 6.48. The normalized spacial score (nSPS) is 11.7. The second kappa shape index (κ2) is 6.31. The van der Waals surface area contributed by atoms with Crippen molar-refractivity contribution >= 4 is 5.69 Å². The van der Waals surface area contributed by atoms with E-state index in [4.69, 9.17) is 5.73 Å². The lowest BCUT2D eigenvalue weighted by atomic mass is 9.90. The van der Waals surface area contributed by atoms with E-state index in [2.05, 4.69) is 62.4 Å². The molecular weight excluding hydrogens is 260 g/mol. The fourth-order valence-corrected chi connectivity index (χ4v) is 2.48. The summed E-state index contributed by atoms with van der Waals surface area (Å²) in [6.45, 7) is 10.3. The Hall–Kier alpha value is -1.81. The van der Waals surface area contributed by atoms with E-state index >= 15 is 0 Å². The van der Waals surface area contributed by atoms with Crippen LogP contribution in [0.1, 0.15) is 38.4 Å². The largest absolute Gasteiger partial charge is 0.382 e. The maximum absolute atomic E-state index is 5.57. The summed E-state index contributed by atoms with van der Waals surface area (Å²) in [5.74, 6) is 0. The predicted molar refractivity (Wildman–Crippen MR) is 89.2 cm³/mol. The number of nitrogens with two attached hydrogens (primary N) is 1. The van der Waals surface area contributed by atoms with Gasteiger partial charge >= 0.3 is 0 Å². The molecule has 0 saturated carbocycles. The van der Waals surface area contributed by atoms with E-state index in [1.54, 1.807) is 0 Å². The van der Waals surface area contributed by atoms with Gasteiger partial charge in [0.2, 0.25) is 0 Å². The van der Waals surface area contributed by atoms with Crippen molar-refractivity contribution in [2.45, 2.75) is 39.5 Å². The van der Waals surface area contributed by atoms with Crippen molar-refractivity contribution in [3.63, 3.8) is 0 Å². The second-order valence-electron chi connectivity index (χ2n) is 6.48. The standard InChI is InChI=1S/C17H26N4/c1-13-7-5-8-14(11-13)21-16(17(2,3)4)15(12-20-21)19-10-6-9-18/h5,7-8,11-12,19H,6,9-10,18H2,1-4H3. The average Bonchev–Trinajstić information content (AvgIpc) is 2.83. The van der Waals surface area contributed by atoms with E-state index in [0.717, 1.165) is 24.3 Å². The molecule has 0 spiro atoms.